The van der Waals surface area contributed by atoms with Crippen LogP contribution >= 0.6 is 27.5 Å². The first-order valence-electron chi connectivity index (χ1n) is 5.73. The molecule has 1 N–H and O–H groups in total. The number of carbonyl (C=O) groups is 1. The molecule has 0 fully saturated rings. The SMILES string of the molecule is O=C(O)c1cc(S(=O)Cc2cc(F)cc(Br)c2)ccc1Cl. The number of hydrogen-bond donors (Lipinski definition) is 1. The molecule has 7 heteroatoms. The van der Waals surface area contributed by atoms with Gasteiger partial charge < -0.3 is 5.11 Å². The van der Waals surface area contributed by atoms with Gasteiger partial charge in [0.15, 0.2) is 0 Å². The largest absolute Gasteiger partial charge is 0.478 e. The van der Waals surface area contributed by atoms with Gasteiger partial charge in [-0.2, -0.15) is 0 Å². The topological polar surface area (TPSA) is 54.4 Å². The maximum absolute atomic E-state index is 13.3. The number of carboxylic acid groups (broad SMARTS) is 1. The van der Waals surface area contributed by atoms with E-state index in [1.807, 2.05) is 0 Å². The first-order chi connectivity index (χ1) is 9.86. The Kier molecular flexibility index (Phi) is 5.13. The molecule has 0 heterocycles. The van der Waals surface area contributed by atoms with Crippen molar-refractivity contribution in [3.63, 3.8) is 0 Å². The maximum Gasteiger partial charge on any atom is 0.337 e. The van der Waals surface area contributed by atoms with Crippen molar-refractivity contribution in [1.82, 2.24) is 0 Å². The molecule has 2 aromatic carbocycles. The number of benzene rings is 2. The van der Waals surface area contributed by atoms with Crippen molar-refractivity contribution in [3.05, 3.63) is 62.8 Å². The van der Waals surface area contributed by atoms with Crippen molar-refractivity contribution in [2.75, 3.05) is 0 Å². The van der Waals surface area contributed by atoms with E-state index in [1.54, 1.807) is 6.07 Å². The van der Waals surface area contributed by atoms with Crippen molar-refractivity contribution in [1.29, 1.82) is 0 Å². The fourth-order valence-electron chi connectivity index (χ4n) is 1.74. The summed E-state index contributed by atoms with van der Waals surface area (Å²) in [5.74, 6) is -1.54. The van der Waals surface area contributed by atoms with Crippen LogP contribution in [0.15, 0.2) is 45.8 Å². The Bertz CT molecular complexity index is 716. The second kappa shape index (κ2) is 6.68. The van der Waals surface area contributed by atoms with Gasteiger partial charge in [0.25, 0.3) is 0 Å². The molecule has 1 atom stereocenters. The van der Waals surface area contributed by atoms with Crippen LogP contribution in [0, 0.1) is 5.82 Å². The van der Waals surface area contributed by atoms with E-state index in [9.17, 15) is 13.4 Å². The molecule has 0 aliphatic rings. The Morgan fingerprint density at radius 3 is 2.62 bits per heavy atom. The van der Waals surface area contributed by atoms with Crippen molar-refractivity contribution in [2.24, 2.45) is 0 Å². The molecular formula is C14H9BrClFO3S. The standard InChI is InChI=1S/C14H9BrClFO3S/c15-9-3-8(4-10(17)5-9)7-21(20)11-1-2-13(16)12(6-11)14(18)19/h1-6H,7H2,(H,18,19). The molecule has 0 spiro atoms. The van der Waals surface area contributed by atoms with Gasteiger partial charge in [-0.15, -0.1) is 0 Å². The molecule has 0 bridgehead atoms. The highest BCUT2D eigenvalue weighted by Crippen LogP contribution is 2.22. The van der Waals surface area contributed by atoms with Gasteiger partial charge in [0.05, 0.1) is 27.1 Å². The lowest BCUT2D eigenvalue weighted by molar-refractivity contribution is 0.0697. The summed E-state index contributed by atoms with van der Waals surface area (Å²) in [6, 6.07) is 8.41. The zero-order chi connectivity index (χ0) is 15.6. The number of halogens is 3. The normalized spacial score (nSPS) is 12.1. The molecule has 1 unspecified atom stereocenters. The van der Waals surface area contributed by atoms with Crippen molar-refractivity contribution >= 4 is 44.3 Å². The molecule has 0 saturated carbocycles. The maximum atomic E-state index is 13.3. The highest BCUT2D eigenvalue weighted by atomic mass is 79.9. The average Bonchev–Trinajstić information content (AvgIpc) is 2.37. The number of hydrogen-bond acceptors (Lipinski definition) is 2. The van der Waals surface area contributed by atoms with E-state index in [2.05, 4.69) is 15.9 Å². The van der Waals surface area contributed by atoms with Gasteiger partial charge >= 0.3 is 5.97 Å². The quantitative estimate of drug-likeness (QED) is 0.848. The Balaban J connectivity index is 2.28. The monoisotopic (exact) mass is 390 g/mol. The van der Waals surface area contributed by atoms with Crippen LogP contribution in [0.25, 0.3) is 0 Å². The van der Waals surface area contributed by atoms with Gasteiger partial charge in [-0.1, -0.05) is 27.5 Å². The molecule has 0 aliphatic heterocycles. The van der Waals surface area contributed by atoms with Gasteiger partial charge in [-0.25, -0.2) is 9.18 Å². The van der Waals surface area contributed by atoms with E-state index in [0.29, 0.717) is 14.9 Å². The summed E-state index contributed by atoms with van der Waals surface area (Å²) in [7, 11) is -1.50. The third-order valence-electron chi connectivity index (χ3n) is 2.65. The fourth-order valence-corrected chi connectivity index (χ4v) is 3.56. The molecule has 0 saturated heterocycles. The molecule has 0 amide bonds. The lowest BCUT2D eigenvalue weighted by Gasteiger charge is -2.06. The van der Waals surface area contributed by atoms with E-state index in [-0.39, 0.29) is 16.3 Å². The van der Waals surface area contributed by atoms with Crippen LogP contribution in [-0.4, -0.2) is 15.3 Å². The van der Waals surface area contributed by atoms with Crippen molar-refractivity contribution < 1.29 is 18.5 Å². The van der Waals surface area contributed by atoms with Crippen LogP contribution in [0.1, 0.15) is 15.9 Å². The molecule has 21 heavy (non-hydrogen) atoms. The van der Waals surface area contributed by atoms with E-state index in [4.69, 9.17) is 16.7 Å². The Hall–Kier alpha value is -1.24. The van der Waals surface area contributed by atoms with Crippen LogP contribution in [0.2, 0.25) is 5.02 Å². The lowest BCUT2D eigenvalue weighted by atomic mass is 10.2. The second-order valence-corrected chi connectivity index (χ2v) is 6.99. The summed E-state index contributed by atoms with van der Waals surface area (Å²) in [5.41, 5.74) is 0.440. The van der Waals surface area contributed by atoms with E-state index < -0.39 is 22.6 Å². The zero-order valence-electron chi connectivity index (χ0n) is 10.5. The minimum Gasteiger partial charge on any atom is -0.478 e. The van der Waals surface area contributed by atoms with E-state index in [1.165, 1.54) is 30.3 Å². The minimum atomic E-state index is -1.50. The van der Waals surface area contributed by atoms with E-state index >= 15 is 0 Å². The van der Waals surface area contributed by atoms with Gasteiger partial charge in [0.2, 0.25) is 0 Å². The van der Waals surface area contributed by atoms with Crippen LogP contribution in [0.5, 0.6) is 0 Å². The molecule has 0 aliphatic carbocycles. The van der Waals surface area contributed by atoms with E-state index in [0.717, 1.165) is 0 Å². The minimum absolute atomic E-state index is 0.0803. The summed E-state index contributed by atoms with van der Waals surface area (Å²) in [4.78, 5) is 11.3. The Labute approximate surface area is 136 Å². The summed E-state index contributed by atoms with van der Waals surface area (Å²) in [6.45, 7) is 0. The molecular weight excluding hydrogens is 383 g/mol. The fraction of sp³-hybridized carbons (Fsp3) is 0.0714. The van der Waals surface area contributed by atoms with Crippen molar-refractivity contribution in [2.45, 2.75) is 10.6 Å². The number of carboxylic acids is 1. The third-order valence-corrected chi connectivity index (χ3v) is 4.81. The smallest absolute Gasteiger partial charge is 0.337 e. The van der Waals surface area contributed by atoms with Crippen LogP contribution in [0.4, 0.5) is 4.39 Å². The van der Waals surface area contributed by atoms with Crippen LogP contribution in [0.3, 0.4) is 0 Å². The first kappa shape index (κ1) is 16.1. The predicted octanol–water partition coefficient (Wildman–Crippen LogP) is 4.25. The van der Waals surface area contributed by atoms with Gasteiger partial charge in [0.1, 0.15) is 5.82 Å². The van der Waals surface area contributed by atoms with Gasteiger partial charge in [-0.3, -0.25) is 4.21 Å². The number of aromatic carboxylic acids is 1. The number of rotatable bonds is 4. The Morgan fingerprint density at radius 1 is 1.29 bits per heavy atom. The molecule has 110 valence electrons. The predicted molar refractivity (Wildman–Crippen MR) is 82.6 cm³/mol. The van der Waals surface area contributed by atoms with Crippen molar-refractivity contribution in [3.8, 4) is 0 Å². The third kappa shape index (κ3) is 4.12. The molecule has 0 aromatic heterocycles. The van der Waals surface area contributed by atoms with Gasteiger partial charge in [-0.05, 0) is 42.0 Å². The molecule has 2 rings (SSSR count). The highest BCUT2D eigenvalue weighted by Gasteiger charge is 2.13. The summed E-state index contributed by atoms with van der Waals surface area (Å²) in [6.07, 6.45) is 0. The molecule has 3 nitrogen and oxygen atoms in total. The second-order valence-electron chi connectivity index (χ2n) is 4.21. The molecule has 2 aromatic rings. The summed E-state index contributed by atoms with van der Waals surface area (Å²) >= 11 is 8.93. The molecule has 0 radical (unpaired) electrons. The summed E-state index contributed by atoms with van der Waals surface area (Å²) in [5, 5.41) is 9.08. The average molecular weight is 392 g/mol. The van der Waals surface area contributed by atoms with Gasteiger partial charge in [0, 0.05) is 9.37 Å². The highest BCUT2D eigenvalue weighted by molar-refractivity contribution is 9.10. The first-order valence-corrected chi connectivity index (χ1v) is 8.22. The Morgan fingerprint density at radius 2 is 2.00 bits per heavy atom. The lowest BCUT2D eigenvalue weighted by Crippen LogP contribution is -2.02. The zero-order valence-corrected chi connectivity index (χ0v) is 13.6. The van der Waals surface area contributed by atoms with Crippen LogP contribution in [-0.2, 0) is 16.6 Å². The summed E-state index contributed by atoms with van der Waals surface area (Å²) < 4.78 is 26.1. The van der Waals surface area contributed by atoms with Crippen LogP contribution < -0.4 is 0 Å².